The van der Waals surface area contributed by atoms with Gasteiger partial charge in [0.15, 0.2) is 12.2 Å². The number of ether oxygens (including phenoxy) is 4. The molecule has 5 atom stereocenters. The summed E-state index contributed by atoms with van der Waals surface area (Å²) in [6, 6.07) is 0. The van der Waals surface area contributed by atoms with Crippen LogP contribution in [0.1, 0.15) is 363 Å². The average molecular weight is 1330 g/mol. The van der Waals surface area contributed by atoms with Crippen molar-refractivity contribution < 1.29 is 80.2 Å². The molecular weight excluding hydrogens is 1190 g/mol. The first-order valence-corrected chi connectivity index (χ1v) is 40.0. The maximum atomic E-state index is 13.0. The molecule has 19 heteroatoms. The molecule has 2 unspecified atom stereocenters. The molecule has 0 heterocycles. The van der Waals surface area contributed by atoms with E-state index in [0.717, 1.165) is 102 Å². The van der Waals surface area contributed by atoms with Crippen LogP contribution in [0.2, 0.25) is 0 Å². The molecule has 0 aliphatic rings. The molecule has 0 rings (SSSR count). The largest absolute Gasteiger partial charge is 0.472 e. The fourth-order valence-electron chi connectivity index (χ4n) is 10.8. The maximum Gasteiger partial charge on any atom is 0.472 e. The Hall–Kier alpha value is -1.94. The van der Waals surface area contributed by atoms with E-state index >= 15 is 0 Å². The van der Waals surface area contributed by atoms with Crippen LogP contribution in [0.15, 0.2) is 0 Å². The lowest BCUT2D eigenvalue weighted by Gasteiger charge is -2.21. The number of aliphatic hydroxyl groups excluding tert-OH is 1. The first-order valence-electron chi connectivity index (χ1n) is 37.0. The lowest BCUT2D eigenvalue weighted by molar-refractivity contribution is -0.161. The minimum Gasteiger partial charge on any atom is -0.462 e. The number of unbranched alkanes of at least 4 members (excludes halogenated alkanes) is 40. The fraction of sp³-hybridized carbons (Fsp3) is 0.944. The molecule has 0 radical (unpaired) electrons. The number of hydrogen-bond acceptors (Lipinski definition) is 15. The van der Waals surface area contributed by atoms with E-state index in [0.29, 0.717) is 31.6 Å². The first-order chi connectivity index (χ1) is 43.4. The van der Waals surface area contributed by atoms with E-state index in [2.05, 4.69) is 41.5 Å². The van der Waals surface area contributed by atoms with Crippen LogP contribution >= 0.6 is 15.6 Å². The molecule has 0 fully saturated rings. The molecule has 0 aromatic carbocycles. The maximum absolute atomic E-state index is 13.0. The quantitative estimate of drug-likeness (QED) is 0.0222. The van der Waals surface area contributed by atoms with Crippen LogP contribution in [-0.2, 0) is 65.4 Å². The Morgan fingerprint density at radius 3 is 0.756 bits per heavy atom. The Balaban J connectivity index is 5.14. The topological polar surface area (TPSA) is 237 Å². The van der Waals surface area contributed by atoms with Crippen LogP contribution in [0, 0.1) is 11.8 Å². The van der Waals surface area contributed by atoms with Crippen molar-refractivity contribution in [1.29, 1.82) is 0 Å². The van der Waals surface area contributed by atoms with Crippen LogP contribution in [-0.4, -0.2) is 96.7 Å². The van der Waals surface area contributed by atoms with Gasteiger partial charge in [0.2, 0.25) is 0 Å². The predicted molar refractivity (Wildman–Crippen MR) is 363 cm³/mol. The van der Waals surface area contributed by atoms with Gasteiger partial charge in [-0.1, -0.05) is 311 Å². The van der Waals surface area contributed by atoms with Crippen molar-refractivity contribution in [2.45, 2.75) is 381 Å². The zero-order valence-electron chi connectivity index (χ0n) is 58.4. The third-order valence-electron chi connectivity index (χ3n) is 16.5. The van der Waals surface area contributed by atoms with E-state index in [4.69, 9.17) is 37.0 Å². The lowest BCUT2D eigenvalue weighted by atomic mass is 10.0. The Labute approximate surface area is 549 Å². The summed E-state index contributed by atoms with van der Waals surface area (Å²) in [7, 11) is -9.89. The molecule has 0 aliphatic carbocycles. The second kappa shape index (κ2) is 63.1. The molecular formula is C71H138O17P2. The predicted octanol–water partition coefficient (Wildman–Crippen LogP) is 20.4. The van der Waals surface area contributed by atoms with E-state index < -0.39 is 97.5 Å². The number of carbonyl (C=O) groups excluding carboxylic acids is 4. The third kappa shape index (κ3) is 64.8. The standard InChI is InChI=1S/C71H138O17P2/c1-7-9-11-13-15-17-30-34-41-47-53-68(73)81-59-66(87-71(76)56-50-44-36-32-28-26-24-22-20-19-21-23-25-27-29-33-39-45-51-63(3)4)61-85-89(77,78)83-57-65(72)58-84-90(79,80)86-62-67(60-82-69(74)54-48-42-38-37-40-46-52-64(5)6)88-70(75)55-49-43-35-31-18-16-14-12-10-8-2/h63-67,72H,7-62H2,1-6H3,(H,77,78)(H,79,80)/t65-,66-,67-/m1/s1. The Morgan fingerprint density at radius 2 is 0.511 bits per heavy atom. The van der Waals surface area contributed by atoms with Crippen LogP contribution in [0.25, 0.3) is 0 Å². The van der Waals surface area contributed by atoms with Crippen molar-refractivity contribution in [3.05, 3.63) is 0 Å². The Morgan fingerprint density at radius 1 is 0.300 bits per heavy atom. The molecule has 90 heavy (non-hydrogen) atoms. The molecule has 0 amide bonds. The third-order valence-corrected chi connectivity index (χ3v) is 18.4. The monoisotopic (exact) mass is 1320 g/mol. The zero-order chi connectivity index (χ0) is 66.5. The molecule has 534 valence electrons. The van der Waals surface area contributed by atoms with Gasteiger partial charge in [-0.25, -0.2) is 9.13 Å². The Kier molecular flexibility index (Phi) is 61.8. The molecule has 0 aliphatic heterocycles. The number of rotatable bonds is 70. The number of aliphatic hydroxyl groups is 1. The molecule has 0 bridgehead atoms. The van der Waals surface area contributed by atoms with Crippen molar-refractivity contribution in [2.24, 2.45) is 11.8 Å². The average Bonchev–Trinajstić information content (AvgIpc) is 3.26. The second-order valence-corrected chi connectivity index (χ2v) is 29.5. The lowest BCUT2D eigenvalue weighted by Crippen LogP contribution is -2.30. The van der Waals surface area contributed by atoms with E-state index in [1.807, 2.05) is 0 Å². The van der Waals surface area contributed by atoms with Gasteiger partial charge in [0.1, 0.15) is 19.3 Å². The van der Waals surface area contributed by atoms with Crippen molar-refractivity contribution in [3.8, 4) is 0 Å². The molecule has 0 saturated carbocycles. The van der Waals surface area contributed by atoms with Crippen molar-refractivity contribution in [3.63, 3.8) is 0 Å². The van der Waals surface area contributed by atoms with Crippen LogP contribution in [0.5, 0.6) is 0 Å². The van der Waals surface area contributed by atoms with Gasteiger partial charge in [-0.2, -0.15) is 0 Å². The molecule has 0 spiro atoms. The van der Waals surface area contributed by atoms with Gasteiger partial charge in [-0.15, -0.1) is 0 Å². The van der Waals surface area contributed by atoms with Crippen molar-refractivity contribution in [1.82, 2.24) is 0 Å². The SMILES string of the molecule is CCCCCCCCCCCCC(=O)OC[C@H](COP(=O)(O)OC[C@@H](O)COP(=O)(O)OC[C@@H](COC(=O)CCCCCCCCC(C)C)OC(=O)CCCCCCCCCCCC)OC(=O)CCCCCCCCCCCCCCCCCCCCC(C)C. The number of esters is 4. The molecule has 0 aromatic heterocycles. The minimum atomic E-state index is -4.95. The summed E-state index contributed by atoms with van der Waals surface area (Å²) in [5.74, 6) is -0.626. The molecule has 3 N–H and O–H groups in total. The zero-order valence-corrected chi connectivity index (χ0v) is 60.2. The Bertz CT molecular complexity index is 1750. The van der Waals surface area contributed by atoms with Gasteiger partial charge >= 0.3 is 39.5 Å². The normalized spacial score (nSPS) is 14.1. The highest BCUT2D eigenvalue weighted by atomic mass is 31.2. The summed E-state index contributed by atoms with van der Waals surface area (Å²) in [5, 5.41) is 10.6. The summed E-state index contributed by atoms with van der Waals surface area (Å²) >= 11 is 0. The van der Waals surface area contributed by atoms with E-state index in [1.54, 1.807) is 0 Å². The van der Waals surface area contributed by atoms with Gasteiger partial charge in [0.25, 0.3) is 0 Å². The van der Waals surface area contributed by atoms with Crippen LogP contribution in [0.3, 0.4) is 0 Å². The highest BCUT2D eigenvalue weighted by Gasteiger charge is 2.30. The van der Waals surface area contributed by atoms with E-state index in [1.165, 1.54) is 173 Å². The van der Waals surface area contributed by atoms with Gasteiger partial charge in [-0.3, -0.25) is 37.3 Å². The minimum absolute atomic E-state index is 0.105. The first kappa shape index (κ1) is 88.1. The summed E-state index contributed by atoms with van der Waals surface area (Å²) in [6.07, 6.45) is 48.8. The van der Waals surface area contributed by atoms with Gasteiger partial charge in [0.05, 0.1) is 26.4 Å². The summed E-state index contributed by atoms with van der Waals surface area (Å²) in [5.41, 5.74) is 0. The van der Waals surface area contributed by atoms with Crippen molar-refractivity contribution in [2.75, 3.05) is 39.6 Å². The van der Waals surface area contributed by atoms with Gasteiger partial charge < -0.3 is 33.8 Å². The summed E-state index contributed by atoms with van der Waals surface area (Å²) < 4.78 is 68.2. The molecule has 17 nitrogen and oxygen atoms in total. The summed E-state index contributed by atoms with van der Waals surface area (Å²) in [4.78, 5) is 72.4. The smallest absolute Gasteiger partial charge is 0.462 e. The van der Waals surface area contributed by atoms with Crippen LogP contribution < -0.4 is 0 Å². The van der Waals surface area contributed by atoms with Gasteiger partial charge in [-0.05, 0) is 37.5 Å². The number of carbonyl (C=O) groups is 4. The highest BCUT2D eigenvalue weighted by Crippen LogP contribution is 2.45. The van der Waals surface area contributed by atoms with Gasteiger partial charge in [0, 0.05) is 25.7 Å². The number of phosphoric acid groups is 2. The number of phosphoric ester groups is 2. The second-order valence-electron chi connectivity index (χ2n) is 26.6. The number of hydrogen-bond donors (Lipinski definition) is 3. The molecule has 0 saturated heterocycles. The fourth-order valence-corrected chi connectivity index (χ4v) is 12.3. The summed E-state index contributed by atoms with van der Waals surface area (Å²) in [6.45, 7) is 9.49. The van der Waals surface area contributed by atoms with Crippen LogP contribution in [0.4, 0.5) is 0 Å². The van der Waals surface area contributed by atoms with Crippen molar-refractivity contribution >= 4 is 39.5 Å². The van der Waals surface area contributed by atoms with E-state index in [9.17, 15) is 43.2 Å². The highest BCUT2D eigenvalue weighted by molar-refractivity contribution is 7.47. The molecule has 0 aromatic rings. The van der Waals surface area contributed by atoms with E-state index in [-0.39, 0.29) is 25.7 Å².